The lowest BCUT2D eigenvalue weighted by atomic mass is 10.3. The first-order valence-corrected chi connectivity index (χ1v) is 6.63. The van der Waals surface area contributed by atoms with Gasteiger partial charge in [-0.25, -0.2) is 4.98 Å². The van der Waals surface area contributed by atoms with Gasteiger partial charge in [-0.15, -0.1) is 0 Å². The zero-order valence-corrected chi connectivity index (χ0v) is 11.8. The van der Waals surface area contributed by atoms with Crippen molar-refractivity contribution in [3.8, 4) is 5.75 Å². The largest absolute Gasteiger partial charge is 0.493 e. The lowest BCUT2D eigenvalue weighted by Crippen LogP contribution is -2.15. The molecule has 0 radical (unpaired) electrons. The molecule has 0 saturated heterocycles. The molecule has 4 nitrogen and oxygen atoms in total. The minimum Gasteiger partial charge on any atom is -0.493 e. The Labute approximate surface area is 119 Å². The Kier molecular flexibility index (Phi) is 4.92. The zero-order valence-electron chi connectivity index (χ0n) is 10.2. The number of ether oxygens (including phenoxy) is 1. The molecular weight excluding hydrogens is 308 g/mol. The smallest absolute Gasteiger partial charge is 0.227 e. The molecule has 0 aliphatic heterocycles. The highest BCUT2D eigenvalue weighted by Gasteiger charge is 2.05. The molecule has 0 bridgehead atoms. The van der Waals surface area contributed by atoms with E-state index in [9.17, 15) is 4.79 Å². The number of benzene rings is 1. The summed E-state index contributed by atoms with van der Waals surface area (Å²) in [5.41, 5.74) is 0.659. The number of hydrogen-bond acceptors (Lipinski definition) is 3. The molecular formula is C14H13BrN2O2. The minimum atomic E-state index is -0.107. The van der Waals surface area contributed by atoms with Crippen LogP contribution in [-0.2, 0) is 4.79 Å². The van der Waals surface area contributed by atoms with Crippen LogP contribution in [0, 0.1) is 0 Å². The predicted octanol–water partition coefficient (Wildman–Crippen LogP) is 3.25. The van der Waals surface area contributed by atoms with E-state index in [0.717, 1.165) is 5.75 Å². The first-order valence-electron chi connectivity index (χ1n) is 5.84. The number of aromatic nitrogens is 1. The Morgan fingerprint density at radius 3 is 2.74 bits per heavy atom. The fourth-order valence-electron chi connectivity index (χ4n) is 1.47. The maximum Gasteiger partial charge on any atom is 0.227 e. The Balaban J connectivity index is 1.78. The summed E-state index contributed by atoms with van der Waals surface area (Å²) in [4.78, 5) is 15.7. The van der Waals surface area contributed by atoms with Crippen molar-refractivity contribution in [1.29, 1.82) is 0 Å². The maximum atomic E-state index is 11.7. The van der Waals surface area contributed by atoms with E-state index >= 15 is 0 Å². The number of hydrogen-bond donors (Lipinski definition) is 1. The third-order valence-electron chi connectivity index (χ3n) is 2.37. The van der Waals surface area contributed by atoms with Crippen molar-refractivity contribution in [2.75, 3.05) is 11.9 Å². The second-order valence-electron chi connectivity index (χ2n) is 3.80. The minimum absolute atomic E-state index is 0.107. The SMILES string of the molecule is O=C(CCOc1ccccc1)Nc1cccnc1Br. The highest BCUT2D eigenvalue weighted by molar-refractivity contribution is 9.10. The van der Waals surface area contributed by atoms with Gasteiger partial charge in [0.05, 0.1) is 18.7 Å². The molecule has 0 spiro atoms. The molecule has 1 amide bonds. The number of rotatable bonds is 5. The highest BCUT2D eigenvalue weighted by Crippen LogP contribution is 2.18. The van der Waals surface area contributed by atoms with Crippen LogP contribution in [0.4, 0.5) is 5.69 Å². The van der Waals surface area contributed by atoms with Crippen LogP contribution in [0.5, 0.6) is 5.75 Å². The molecule has 98 valence electrons. The number of pyridine rings is 1. The third-order valence-corrected chi connectivity index (χ3v) is 3.01. The van der Waals surface area contributed by atoms with Crippen LogP contribution in [0.2, 0.25) is 0 Å². The van der Waals surface area contributed by atoms with Crippen LogP contribution in [0.3, 0.4) is 0 Å². The van der Waals surface area contributed by atoms with Gasteiger partial charge in [0.15, 0.2) is 0 Å². The first kappa shape index (κ1) is 13.5. The molecule has 0 unspecified atom stereocenters. The Bertz CT molecular complexity index is 546. The van der Waals surface area contributed by atoms with E-state index in [2.05, 4.69) is 26.2 Å². The van der Waals surface area contributed by atoms with E-state index in [1.165, 1.54) is 0 Å². The van der Waals surface area contributed by atoms with Gasteiger partial charge in [0.1, 0.15) is 10.4 Å². The molecule has 5 heteroatoms. The van der Waals surface area contributed by atoms with Gasteiger partial charge in [-0.2, -0.15) is 0 Å². The number of para-hydroxylation sites is 1. The van der Waals surface area contributed by atoms with E-state index in [1.807, 2.05) is 30.3 Å². The van der Waals surface area contributed by atoms with Gasteiger partial charge in [-0.1, -0.05) is 18.2 Å². The number of anilines is 1. The van der Waals surface area contributed by atoms with Crippen molar-refractivity contribution in [3.05, 3.63) is 53.3 Å². The molecule has 1 aromatic carbocycles. The third kappa shape index (κ3) is 4.37. The normalized spacial score (nSPS) is 9.95. The quantitative estimate of drug-likeness (QED) is 0.860. The highest BCUT2D eigenvalue weighted by atomic mass is 79.9. The van der Waals surface area contributed by atoms with Gasteiger partial charge in [-0.3, -0.25) is 4.79 Å². The van der Waals surface area contributed by atoms with Crippen LogP contribution in [-0.4, -0.2) is 17.5 Å². The summed E-state index contributed by atoms with van der Waals surface area (Å²) in [6, 6.07) is 13.0. The second kappa shape index (κ2) is 6.89. The number of nitrogens with one attached hydrogen (secondary N) is 1. The first-order chi connectivity index (χ1) is 9.25. The van der Waals surface area contributed by atoms with Gasteiger partial charge in [-0.05, 0) is 40.2 Å². The van der Waals surface area contributed by atoms with Crippen molar-refractivity contribution < 1.29 is 9.53 Å². The summed E-state index contributed by atoms with van der Waals surface area (Å²) in [7, 11) is 0. The van der Waals surface area contributed by atoms with Crippen LogP contribution < -0.4 is 10.1 Å². The van der Waals surface area contributed by atoms with Gasteiger partial charge in [0.25, 0.3) is 0 Å². The topological polar surface area (TPSA) is 51.2 Å². The average molecular weight is 321 g/mol. The van der Waals surface area contributed by atoms with Gasteiger partial charge in [0, 0.05) is 6.20 Å². The second-order valence-corrected chi connectivity index (χ2v) is 4.55. The summed E-state index contributed by atoms with van der Waals surface area (Å²) < 4.78 is 6.07. The van der Waals surface area contributed by atoms with Crippen molar-refractivity contribution in [3.63, 3.8) is 0 Å². The van der Waals surface area contributed by atoms with Crippen LogP contribution in [0.25, 0.3) is 0 Å². The lowest BCUT2D eigenvalue weighted by molar-refractivity contribution is -0.116. The van der Waals surface area contributed by atoms with Gasteiger partial charge < -0.3 is 10.1 Å². The maximum absolute atomic E-state index is 11.7. The molecule has 19 heavy (non-hydrogen) atoms. The van der Waals surface area contributed by atoms with E-state index in [4.69, 9.17) is 4.74 Å². The van der Waals surface area contributed by atoms with Crippen LogP contribution in [0.15, 0.2) is 53.3 Å². The Morgan fingerprint density at radius 2 is 2.00 bits per heavy atom. The van der Waals surface area contributed by atoms with E-state index in [-0.39, 0.29) is 12.3 Å². The molecule has 0 aliphatic rings. The number of carbonyl (C=O) groups excluding carboxylic acids is 1. The van der Waals surface area contributed by atoms with E-state index in [0.29, 0.717) is 16.9 Å². The predicted molar refractivity (Wildman–Crippen MR) is 77.1 cm³/mol. The molecule has 0 saturated carbocycles. The molecule has 1 N–H and O–H groups in total. The summed E-state index contributed by atoms with van der Waals surface area (Å²) in [5.74, 6) is 0.655. The molecule has 0 fully saturated rings. The number of nitrogens with zero attached hydrogens (tertiary/aromatic N) is 1. The number of halogens is 1. The zero-order chi connectivity index (χ0) is 13.5. The molecule has 0 aliphatic carbocycles. The van der Waals surface area contributed by atoms with Gasteiger partial charge in [0.2, 0.25) is 5.91 Å². The van der Waals surface area contributed by atoms with E-state index in [1.54, 1.807) is 18.3 Å². The summed E-state index contributed by atoms with van der Waals surface area (Å²) >= 11 is 3.27. The fraction of sp³-hybridized carbons (Fsp3) is 0.143. The summed E-state index contributed by atoms with van der Waals surface area (Å²) in [6.45, 7) is 0.341. The molecule has 1 aromatic heterocycles. The fourth-order valence-corrected chi connectivity index (χ4v) is 1.82. The van der Waals surface area contributed by atoms with Crippen molar-refractivity contribution >= 4 is 27.5 Å². The van der Waals surface area contributed by atoms with Crippen molar-refractivity contribution in [1.82, 2.24) is 4.98 Å². The van der Waals surface area contributed by atoms with Crippen LogP contribution >= 0.6 is 15.9 Å². The summed E-state index contributed by atoms with van der Waals surface area (Å²) in [6.07, 6.45) is 1.94. The number of carbonyl (C=O) groups is 1. The number of amides is 1. The molecule has 0 atom stereocenters. The monoisotopic (exact) mass is 320 g/mol. The van der Waals surface area contributed by atoms with Crippen molar-refractivity contribution in [2.45, 2.75) is 6.42 Å². The molecule has 2 rings (SSSR count). The summed E-state index contributed by atoms with van der Waals surface area (Å²) in [5, 5.41) is 2.77. The van der Waals surface area contributed by atoms with E-state index < -0.39 is 0 Å². The standard InChI is InChI=1S/C14H13BrN2O2/c15-14-12(7-4-9-16-14)17-13(18)8-10-19-11-5-2-1-3-6-11/h1-7,9H,8,10H2,(H,17,18). The Hall–Kier alpha value is -1.88. The Morgan fingerprint density at radius 1 is 1.21 bits per heavy atom. The average Bonchev–Trinajstić information content (AvgIpc) is 2.43. The molecule has 2 aromatic rings. The molecule has 1 heterocycles. The van der Waals surface area contributed by atoms with Crippen LogP contribution in [0.1, 0.15) is 6.42 Å². The van der Waals surface area contributed by atoms with Gasteiger partial charge >= 0.3 is 0 Å². The van der Waals surface area contributed by atoms with Crippen molar-refractivity contribution in [2.24, 2.45) is 0 Å². The lowest BCUT2D eigenvalue weighted by Gasteiger charge is -2.07.